The average molecular weight is 485 g/mol. The molecule has 1 aliphatic rings. The highest BCUT2D eigenvalue weighted by atomic mass is 16.6. The summed E-state index contributed by atoms with van der Waals surface area (Å²) < 4.78 is 7.34. The molecular formula is C26H28N8O2. The van der Waals surface area contributed by atoms with Gasteiger partial charge in [-0.05, 0) is 52.3 Å². The maximum Gasteiger partial charge on any atom is 0.410 e. The van der Waals surface area contributed by atoms with E-state index in [4.69, 9.17) is 14.7 Å². The van der Waals surface area contributed by atoms with Crippen LogP contribution in [0.5, 0.6) is 0 Å². The number of imidazole rings is 1. The van der Waals surface area contributed by atoms with Crippen molar-refractivity contribution in [2.45, 2.75) is 45.8 Å². The Morgan fingerprint density at radius 3 is 2.75 bits per heavy atom. The number of ether oxygens (including phenoxy) is 1. The largest absolute Gasteiger partial charge is 0.444 e. The first-order chi connectivity index (χ1) is 17.1. The Balaban J connectivity index is 1.36. The SMILES string of the molecule is Cc1cn2cc(-c3ncc4nc(N5CC[C@H](N(C)C(=O)OC(C)(C)C)C5)ccc4n3)cc(C#N)c2n1. The average Bonchev–Trinajstić information content (AvgIpc) is 3.47. The van der Waals surface area contributed by atoms with E-state index in [0.29, 0.717) is 34.6 Å². The molecule has 0 saturated carbocycles. The second-order valence-electron chi connectivity index (χ2n) is 10.1. The van der Waals surface area contributed by atoms with E-state index in [1.54, 1.807) is 24.2 Å². The van der Waals surface area contributed by atoms with Gasteiger partial charge in [0.1, 0.15) is 23.0 Å². The molecule has 0 aromatic carbocycles. The first-order valence-corrected chi connectivity index (χ1v) is 11.9. The number of aromatic nitrogens is 5. The number of fused-ring (bicyclic) bond motifs is 2. The number of carbonyl (C=O) groups excluding carboxylic acids is 1. The molecule has 1 atom stereocenters. The van der Waals surface area contributed by atoms with Crippen molar-refractivity contribution in [3.63, 3.8) is 0 Å². The van der Waals surface area contributed by atoms with Gasteiger partial charge in [-0.15, -0.1) is 0 Å². The van der Waals surface area contributed by atoms with E-state index in [9.17, 15) is 10.1 Å². The number of amides is 1. The van der Waals surface area contributed by atoms with E-state index < -0.39 is 5.60 Å². The molecule has 10 heteroatoms. The Morgan fingerprint density at radius 1 is 1.19 bits per heavy atom. The van der Waals surface area contributed by atoms with Crippen molar-refractivity contribution >= 4 is 28.6 Å². The van der Waals surface area contributed by atoms with Crippen molar-refractivity contribution < 1.29 is 9.53 Å². The molecule has 10 nitrogen and oxygen atoms in total. The monoisotopic (exact) mass is 484 g/mol. The molecule has 0 radical (unpaired) electrons. The van der Waals surface area contributed by atoms with E-state index in [0.717, 1.165) is 30.0 Å². The Labute approximate surface area is 209 Å². The molecule has 4 aromatic heterocycles. The minimum Gasteiger partial charge on any atom is -0.444 e. The van der Waals surface area contributed by atoms with Crippen LogP contribution in [0.15, 0.2) is 36.8 Å². The molecule has 184 valence electrons. The van der Waals surface area contributed by atoms with E-state index in [1.165, 1.54) is 0 Å². The van der Waals surface area contributed by atoms with Crippen LogP contribution in [0.25, 0.3) is 28.1 Å². The summed E-state index contributed by atoms with van der Waals surface area (Å²) in [7, 11) is 1.78. The maximum absolute atomic E-state index is 12.5. The number of likely N-dealkylation sites (N-methyl/N-ethyl adjacent to an activating group) is 1. The molecule has 1 fully saturated rings. The summed E-state index contributed by atoms with van der Waals surface area (Å²) in [6.45, 7) is 8.95. The molecule has 0 unspecified atom stereocenters. The van der Waals surface area contributed by atoms with Gasteiger partial charge in [-0.25, -0.2) is 24.7 Å². The third-order valence-electron chi connectivity index (χ3n) is 6.19. The van der Waals surface area contributed by atoms with Gasteiger partial charge in [-0.1, -0.05) is 0 Å². The van der Waals surface area contributed by atoms with E-state index in [1.807, 2.05) is 56.6 Å². The van der Waals surface area contributed by atoms with Crippen LogP contribution in [0.4, 0.5) is 10.6 Å². The predicted molar refractivity (Wildman–Crippen MR) is 136 cm³/mol. The lowest BCUT2D eigenvalue weighted by Gasteiger charge is -2.28. The number of nitriles is 1. The molecule has 1 amide bonds. The van der Waals surface area contributed by atoms with Gasteiger partial charge in [0, 0.05) is 38.1 Å². The van der Waals surface area contributed by atoms with Gasteiger partial charge in [0.15, 0.2) is 11.5 Å². The second-order valence-corrected chi connectivity index (χ2v) is 10.1. The summed E-state index contributed by atoms with van der Waals surface area (Å²) in [6, 6.07) is 7.89. The number of rotatable bonds is 3. The Bertz CT molecular complexity index is 1510. The van der Waals surface area contributed by atoms with Crippen LogP contribution in [0.3, 0.4) is 0 Å². The molecule has 1 aliphatic heterocycles. The van der Waals surface area contributed by atoms with Crippen molar-refractivity contribution in [1.29, 1.82) is 5.26 Å². The second kappa shape index (κ2) is 8.75. The number of nitrogens with zero attached hydrogens (tertiary/aromatic N) is 8. The van der Waals surface area contributed by atoms with E-state index in [2.05, 4.69) is 20.9 Å². The summed E-state index contributed by atoms with van der Waals surface area (Å²) in [6.07, 6.45) is 5.98. The first kappa shape index (κ1) is 23.5. The molecule has 5 rings (SSSR count). The Hall–Kier alpha value is -4.26. The molecule has 1 saturated heterocycles. The molecule has 4 aromatic rings. The fourth-order valence-electron chi connectivity index (χ4n) is 4.40. The molecule has 0 aliphatic carbocycles. The minimum absolute atomic E-state index is 0.0482. The molecule has 0 bridgehead atoms. The summed E-state index contributed by atoms with van der Waals surface area (Å²) in [4.78, 5) is 34.7. The highest BCUT2D eigenvalue weighted by Gasteiger charge is 2.31. The third kappa shape index (κ3) is 4.52. The van der Waals surface area contributed by atoms with Gasteiger partial charge in [-0.3, -0.25) is 0 Å². The quantitative estimate of drug-likeness (QED) is 0.429. The molecule has 36 heavy (non-hydrogen) atoms. The predicted octanol–water partition coefficient (Wildman–Crippen LogP) is 3.97. The standard InChI is InChI=1S/C26H28N8O2/c1-16-13-34-14-18(10-17(11-27)24(34)29-16)23-28-12-21-20(31-23)6-7-22(30-21)33-9-8-19(15-33)32(5)25(35)36-26(2,3)4/h6-7,10,12-14,19H,8-9,15H2,1-5H3/t19-/m0/s1. The van der Waals surface area contributed by atoms with Crippen LogP contribution < -0.4 is 4.90 Å². The summed E-state index contributed by atoms with van der Waals surface area (Å²) >= 11 is 0. The van der Waals surface area contributed by atoms with E-state index >= 15 is 0 Å². The van der Waals surface area contributed by atoms with Gasteiger partial charge in [0.2, 0.25) is 0 Å². The van der Waals surface area contributed by atoms with Crippen LogP contribution in [0.2, 0.25) is 0 Å². The van der Waals surface area contributed by atoms with E-state index in [-0.39, 0.29) is 12.1 Å². The van der Waals surface area contributed by atoms with Crippen molar-refractivity contribution in [2.75, 3.05) is 25.0 Å². The molecule has 0 N–H and O–H groups in total. The Kier molecular flexibility index (Phi) is 5.71. The fourth-order valence-corrected chi connectivity index (χ4v) is 4.40. The van der Waals surface area contributed by atoms with Crippen molar-refractivity contribution in [2.24, 2.45) is 0 Å². The van der Waals surface area contributed by atoms with Crippen LogP contribution in [0.1, 0.15) is 38.4 Å². The van der Waals surface area contributed by atoms with Crippen molar-refractivity contribution in [1.82, 2.24) is 29.2 Å². The first-order valence-electron chi connectivity index (χ1n) is 11.9. The number of aryl methyl sites for hydroxylation is 1. The number of hydrogen-bond donors (Lipinski definition) is 0. The van der Waals surface area contributed by atoms with Crippen LogP contribution in [-0.4, -0.2) is 67.1 Å². The smallest absolute Gasteiger partial charge is 0.410 e. The fraction of sp³-hybridized carbons (Fsp3) is 0.385. The minimum atomic E-state index is -0.526. The summed E-state index contributed by atoms with van der Waals surface area (Å²) in [5.41, 5.74) is 3.52. The molecule has 0 spiro atoms. The van der Waals surface area contributed by atoms with Gasteiger partial charge in [0.25, 0.3) is 0 Å². The topological polar surface area (TPSA) is 113 Å². The number of hydrogen-bond acceptors (Lipinski definition) is 8. The number of anilines is 1. The summed E-state index contributed by atoms with van der Waals surface area (Å²) in [5, 5.41) is 9.57. The zero-order valence-electron chi connectivity index (χ0n) is 21.1. The lowest BCUT2D eigenvalue weighted by Crippen LogP contribution is -2.42. The maximum atomic E-state index is 12.5. The molecule has 5 heterocycles. The third-order valence-corrected chi connectivity index (χ3v) is 6.19. The van der Waals surface area contributed by atoms with Gasteiger partial charge < -0.3 is 18.9 Å². The zero-order chi connectivity index (χ0) is 25.6. The molecular weight excluding hydrogens is 456 g/mol. The van der Waals surface area contributed by atoms with Crippen LogP contribution >= 0.6 is 0 Å². The normalized spacial score (nSPS) is 15.9. The Morgan fingerprint density at radius 2 is 2.00 bits per heavy atom. The highest BCUT2D eigenvalue weighted by Crippen LogP contribution is 2.26. The number of pyridine rings is 2. The van der Waals surface area contributed by atoms with Gasteiger partial charge in [-0.2, -0.15) is 5.26 Å². The van der Waals surface area contributed by atoms with Crippen molar-refractivity contribution in [3.05, 3.63) is 48.0 Å². The van der Waals surface area contributed by atoms with Crippen molar-refractivity contribution in [3.8, 4) is 17.5 Å². The highest BCUT2D eigenvalue weighted by molar-refractivity contribution is 5.78. The van der Waals surface area contributed by atoms with Gasteiger partial charge >= 0.3 is 6.09 Å². The van der Waals surface area contributed by atoms with Gasteiger partial charge in [0.05, 0.1) is 29.0 Å². The summed E-state index contributed by atoms with van der Waals surface area (Å²) in [5.74, 6) is 1.34. The number of carbonyl (C=O) groups is 1. The van der Waals surface area contributed by atoms with Crippen LogP contribution in [0, 0.1) is 18.3 Å². The lowest BCUT2D eigenvalue weighted by molar-refractivity contribution is 0.0238. The lowest BCUT2D eigenvalue weighted by atomic mass is 10.2. The zero-order valence-corrected chi connectivity index (χ0v) is 21.1. The van der Waals surface area contributed by atoms with Crippen LogP contribution in [-0.2, 0) is 4.74 Å².